The predicted molar refractivity (Wildman–Crippen MR) is 82.6 cm³/mol. The number of carbonyl (C=O) groups excluding carboxylic acids is 1. The number of hydrogen-bond donors (Lipinski definition) is 1. The van der Waals surface area contributed by atoms with Crippen LogP contribution < -0.4 is 10.1 Å². The summed E-state index contributed by atoms with van der Waals surface area (Å²) in [5.41, 5.74) is 0.473. The molecule has 21 heavy (non-hydrogen) atoms. The Labute approximate surface area is 126 Å². The summed E-state index contributed by atoms with van der Waals surface area (Å²) < 4.78 is 10.7. The number of benzene rings is 1. The topological polar surface area (TPSA) is 47.6 Å². The first-order chi connectivity index (χ1) is 9.94. The molecule has 0 aliphatic heterocycles. The zero-order chi connectivity index (χ0) is 15.5. The third-order valence-corrected chi connectivity index (χ3v) is 3.81. The standard InChI is InChI=1S/C17H25NO3/c1-12(2)13-5-9-15(10-6-13)21-11-17(3,16(19)20-4)18-14-7-8-14/h5-6,9-10,12,14,18H,7-8,11H2,1-4H3. The van der Waals surface area contributed by atoms with Gasteiger partial charge in [-0.15, -0.1) is 0 Å². The molecule has 4 heteroatoms. The highest BCUT2D eigenvalue weighted by Gasteiger charge is 2.40. The molecule has 0 spiro atoms. The molecule has 4 nitrogen and oxygen atoms in total. The van der Waals surface area contributed by atoms with Crippen LogP contribution in [0, 0.1) is 0 Å². The maximum Gasteiger partial charge on any atom is 0.329 e. The van der Waals surface area contributed by atoms with Crippen molar-refractivity contribution in [3.05, 3.63) is 29.8 Å². The van der Waals surface area contributed by atoms with E-state index in [-0.39, 0.29) is 12.6 Å². The SMILES string of the molecule is COC(=O)C(C)(COc1ccc(C(C)C)cc1)NC1CC1. The van der Waals surface area contributed by atoms with Crippen molar-refractivity contribution < 1.29 is 14.3 Å². The maximum absolute atomic E-state index is 12.0. The van der Waals surface area contributed by atoms with Crippen LogP contribution in [0.2, 0.25) is 0 Å². The molecule has 1 aliphatic rings. The van der Waals surface area contributed by atoms with E-state index in [1.807, 2.05) is 19.1 Å². The molecule has 0 radical (unpaired) electrons. The van der Waals surface area contributed by atoms with Crippen LogP contribution in [-0.4, -0.2) is 31.3 Å². The zero-order valence-corrected chi connectivity index (χ0v) is 13.3. The fourth-order valence-corrected chi connectivity index (χ4v) is 2.24. The molecule has 116 valence electrons. The molecule has 0 aromatic heterocycles. The number of hydrogen-bond acceptors (Lipinski definition) is 4. The molecular weight excluding hydrogens is 266 g/mol. The molecule has 0 amide bonds. The Morgan fingerprint density at radius 1 is 1.33 bits per heavy atom. The highest BCUT2D eigenvalue weighted by atomic mass is 16.5. The average Bonchev–Trinajstić information content (AvgIpc) is 3.28. The molecule has 1 aromatic rings. The number of nitrogens with one attached hydrogen (secondary N) is 1. The van der Waals surface area contributed by atoms with Gasteiger partial charge in [-0.25, -0.2) is 4.79 Å². The van der Waals surface area contributed by atoms with Crippen molar-refractivity contribution in [1.82, 2.24) is 5.32 Å². The lowest BCUT2D eigenvalue weighted by atomic mass is 10.0. The summed E-state index contributed by atoms with van der Waals surface area (Å²) in [5.74, 6) is 0.983. The zero-order valence-electron chi connectivity index (χ0n) is 13.3. The third kappa shape index (κ3) is 4.21. The molecule has 0 heterocycles. The first-order valence-corrected chi connectivity index (χ1v) is 7.53. The summed E-state index contributed by atoms with van der Waals surface area (Å²) in [4.78, 5) is 12.0. The Kier molecular flexibility index (Phi) is 4.88. The lowest BCUT2D eigenvalue weighted by Crippen LogP contribution is -2.55. The van der Waals surface area contributed by atoms with Crippen molar-refractivity contribution in [2.75, 3.05) is 13.7 Å². The maximum atomic E-state index is 12.0. The van der Waals surface area contributed by atoms with Crippen LogP contribution in [-0.2, 0) is 9.53 Å². The van der Waals surface area contributed by atoms with Gasteiger partial charge >= 0.3 is 5.97 Å². The summed E-state index contributed by atoms with van der Waals surface area (Å²) >= 11 is 0. The van der Waals surface area contributed by atoms with Crippen LogP contribution in [0.4, 0.5) is 0 Å². The fourth-order valence-electron chi connectivity index (χ4n) is 2.24. The van der Waals surface area contributed by atoms with Crippen molar-refractivity contribution >= 4 is 5.97 Å². The summed E-state index contributed by atoms with van der Waals surface area (Å²) in [6.45, 7) is 6.41. The van der Waals surface area contributed by atoms with E-state index < -0.39 is 5.54 Å². The van der Waals surface area contributed by atoms with Gasteiger partial charge in [0.15, 0.2) is 0 Å². The van der Waals surface area contributed by atoms with Crippen LogP contribution in [0.1, 0.15) is 45.1 Å². The largest absolute Gasteiger partial charge is 0.491 e. The molecule has 1 fully saturated rings. The normalized spacial score (nSPS) is 17.4. The van der Waals surface area contributed by atoms with E-state index in [1.54, 1.807) is 0 Å². The molecule has 0 saturated heterocycles. The van der Waals surface area contributed by atoms with Crippen molar-refractivity contribution in [2.45, 2.75) is 51.1 Å². The number of esters is 1. The summed E-state index contributed by atoms with van der Waals surface area (Å²) in [7, 11) is 1.41. The molecule has 1 saturated carbocycles. The van der Waals surface area contributed by atoms with Gasteiger partial charge < -0.3 is 9.47 Å². The van der Waals surface area contributed by atoms with Crippen LogP contribution in [0.5, 0.6) is 5.75 Å². The second-order valence-corrected chi connectivity index (χ2v) is 6.25. The molecule has 1 unspecified atom stereocenters. The molecule has 2 rings (SSSR count). The molecule has 0 bridgehead atoms. The third-order valence-electron chi connectivity index (χ3n) is 3.81. The van der Waals surface area contributed by atoms with Gasteiger partial charge in [0.25, 0.3) is 0 Å². The molecule has 1 aromatic carbocycles. The van der Waals surface area contributed by atoms with Gasteiger partial charge in [0, 0.05) is 6.04 Å². The summed E-state index contributed by atoms with van der Waals surface area (Å²) in [6.07, 6.45) is 2.21. The minimum absolute atomic E-state index is 0.261. The monoisotopic (exact) mass is 291 g/mol. The van der Waals surface area contributed by atoms with Crippen LogP contribution >= 0.6 is 0 Å². The van der Waals surface area contributed by atoms with Crippen LogP contribution in [0.25, 0.3) is 0 Å². The summed E-state index contributed by atoms with van der Waals surface area (Å²) in [5, 5.41) is 3.32. The van der Waals surface area contributed by atoms with Gasteiger partial charge in [-0.05, 0) is 43.4 Å². The Balaban J connectivity index is 1.98. The number of ether oxygens (including phenoxy) is 2. The first kappa shape index (κ1) is 15.8. The Bertz CT molecular complexity index is 479. The van der Waals surface area contributed by atoms with E-state index in [0.717, 1.165) is 18.6 Å². The molecule has 1 N–H and O–H groups in total. The minimum Gasteiger partial charge on any atom is -0.491 e. The van der Waals surface area contributed by atoms with E-state index >= 15 is 0 Å². The number of rotatable bonds is 7. The van der Waals surface area contributed by atoms with E-state index in [2.05, 4.69) is 31.3 Å². The Morgan fingerprint density at radius 3 is 2.43 bits per heavy atom. The van der Waals surface area contributed by atoms with E-state index in [4.69, 9.17) is 9.47 Å². The lowest BCUT2D eigenvalue weighted by molar-refractivity contribution is -0.149. The van der Waals surface area contributed by atoms with Crippen molar-refractivity contribution in [3.63, 3.8) is 0 Å². The van der Waals surface area contributed by atoms with Crippen molar-refractivity contribution in [2.24, 2.45) is 0 Å². The molecule has 1 aliphatic carbocycles. The Morgan fingerprint density at radius 2 is 1.95 bits per heavy atom. The number of carbonyl (C=O) groups is 1. The van der Waals surface area contributed by atoms with Crippen molar-refractivity contribution in [1.29, 1.82) is 0 Å². The van der Waals surface area contributed by atoms with E-state index in [1.165, 1.54) is 12.7 Å². The highest BCUT2D eigenvalue weighted by molar-refractivity contribution is 5.80. The van der Waals surface area contributed by atoms with Crippen LogP contribution in [0.15, 0.2) is 24.3 Å². The van der Waals surface area contributed by atoms with Gasteiger partial charge in [-0.3, -0.25) is 5.32 Å². The molecular formula is C17H25NO3. The first-order valence-electron chi connectivity index (χ1n) is 7.53. The minimum atomic E-state index is -0.799. The van der Waals surface area contributed by atoms with E-state index in [9.17, 15) is 4.79 Å². The highest BCUT2D eigenvalue weighted by Crippen LogP contribution is 2.24. The van der Waals surface area contributed by atoms with Gasteiger partial charge in [0.2, 0.25) is 0 Å². The summed E-state index contributed by atoms with van der Waals surface area (Å²) in [6, 6.07) is 8.42. The van der Waals surface area contributed by atoms with Crippen LogP contribution in [0.3, 0.4) is 0 Å². The van der Waals surface area contributed by atoms with Gasteiger partial charge in [-0.2, -0.15) is 0 Å². The van der Waals surface area contributed by atoms with Gasteiger partial charge in [-0.1, -0.05) is 26.0 Å². The van der Waals surface area contributed by atoms with E-state index in [0.29, 0.717) is 12.0 Å². The lowest BCUT2D eigenvalue weighted by Gasteiger charge is -2.28. The molecule has 1 atom stereocenters. The quantitative estimate of drug-likeness (QED) is 0.785. The number of methoxy groups -OCH3 is 1. The van der Waals surface area contributed by atoms with Gasteiger partial charge in [0.1, 0.15) is 17.9 Å². The second-order valence-electron chi connectivity index (χ2n) is 6.25. The fraction of sp³-hybridized carbons (Fsp3) is 0.588. The van der Waals surface area contributed by atoms with Crippen molar-refractivity contribution in [3.8, 4) is 5.75 Å². The predicted octanol–water partition coefficient (Wildman–Crippen LogP) is 2.87. The Hall–Kier alpha value is -1.55. The second kappa shape index (κ2) is 6.48. The average molecular weight is 291 g/mol. The smallest absolute Gasteiger partial charge is 0.329 e. The van der Waals surface area contributed by atoms with Gasteiger partial charge in [0.05, 0.1) is 7.11 Å².